The summed E-state index contributed by atoms with van der Waals surface area (Å²) >= 11 is 0. The highest BCUT2D eigenvalue weighted by Gasteiger charge is 2.41. The second kappa shape index (κ2) is 5.33. The SMILES string of the molecule is CCc1ccccc1CNCC1(CC#N)CC1. The first kappa shape index (κ1) is 12.1. The van der Waals surface area contributed by atoms with Gasteiger partial charge in [-0.25, -0.2) is 0 Å². The molecule has 0 aromatic heterocycles. The lowest BCUT2D eigenvalue weighted by atomic mass is 10.0. The van der Waals surface area contributed by atoms with Gasteiger partial charge in [-0.1, -0.05) is 31.2 Å². The van der Waals surface area contributed by atoms with E-state index in [0.29, 0.717) is 11.8 Å². The van der Waals surface area contributed by atoms with Crippen LogP contribution in [0.1, 0.15) is 37.3 Å². The average molecular weight is 228 g/mol. The molecule has 0 heterocycles. The van der Waals surface area contributed by atoms with Gasteiger partial charge in [0.25, 0.3) is 0 Å². The van der Waals surface area contributed by atoms with Gasteiger partial charge in [-0.05, 0) is 35.8 Å². The molecule has 2 nitrogen and oxygen atoms in total. The van der Waals surface area contributed by atoms with E-state index >= 15 is 0 Å². The van der Waals surface area contributed by atoms with Gasteiger partial charge in [-0.15, -0.1) is 0 Å². The van der Waals surface area contributed by atoms with Crippen LogP contribution in [0.25, 0.3) is 0 Å². The molecule has 2 rings (SSSR count). The molecule has 1 fully saturated rings. The van der Waals surface area contributed by atoms with E-state index in [0.717, 1.165) is 19.5 Å². The minimum Gasteiger partial charge on any atom is -0.312 e. The van der Waals surface area contributed by atoms with E-state index in [2.05, 4.69) is 42.6 Å². The molecule has 1 aliphatic carbocycles. The Labute approximate surface area is 104 Å². The predicted molar refractivity (Wildman–Crippen MR) is 69.4 cm³/mol. The second-order valence-electron chi connectivity index (χ2n) is 5.06. The summed E-state index contributed by atoms with van der Waals surface area (Å²) in [5.41, 5.74) is 3.11. The summed E-state index contributed by atoms with van der Waals surface area (Å²) < 4.78 is 0. The Morgan fingerprint density at radius 2 is 2.00 bits per heavy atom. The van der Waals surface area contributed by atoms with Gasteiger partial charge in [-0.3, -0.25) is 0 Å². The standard InChI is InChI=1S/C15H20N2/c1-2-13-5-3-4-6-14(13)11-17-12-15(7-8-15)9-10-16/h3-6,17H,2,7-9,11-12H2,1H3. The minimum absolute atomic E-state index is 0.301. The molecule has 1 N–H and O–H groups in total. The Hall–Kier alpha value is -1.33. The highest BCUT2D eigenvalue weighted by atomic mass is 14.9. The van der Waals surface area contributed by atoms with Crippen LogP contribution >= 0.6 is 0 Å². The Kier molecular flexibility index (Phi) is 3.81. The fraction of sp³-hybridized carbons (Fsp3) is 0.533. The van der Waals surface area contributed by atoms with Crippen molar-refractivity contribution in [2.75, 3.05) is 6.54 Å². The topological polar surface area (TPSA) is 35.8 Å². The molecule has 1 aromatic rings. The lowest BCUT2D eigenvalue weighted by Crippen LogP contribution is -2.23. The smallest absolute Gasteiger partial charge is 0.0628 e. The molecule has 1 aromatic carbocycles. The van der Waals surface area contributed by atoms with Gasteiger partial charge < -0.3 is 5.32 Å². The minimum atomic E-state index is 0.301. The molecular formula is C15H20N2. The normalized spacial score (nSPS) is 16.5. The molecule has 0 saturated heterocycles. The molecule has 17 heavy (non-hydrogen) atoms. The van der Waals surface area contributed by atoms with Crippen LogP contribution < -0.4 is 5.32 Å². The fourth-order valence-corrected chi connectivity index (χ4v) is 2.30. The average Bonchev–Trinajstić information content (AvgIpc) is 3.10. The Morgan fingerprint density at radius 3 is 2.59 bits per heavy atom. The van der Waals surface area contributed by atoms with E-state index < -0.39 is 0 Å². The van der Waals surface area contributed by atoms with Gasteiger partial charge in [-0.2, -0.15) is 5.26 Å². The van der Waals surface area contributed by atoms with Crippen molar-refractivity contribution in [1.82, 2.24) is 5.32 Å². The summed E-state index contributed by atoms with van der Waals surface area (Å²) in [6.07, 6.45) is 4.21. The summed E-state index contributed by atoms with van der Waals surface area (Å²) in [5.74, 6) is 0. The molecule has 0 bridgehead atoms. The number of nitriles is 1. The van der Waals surface area contributed by atoms with E-state index in [-0.39, 0.29) is 0 Å². The largest absolute Gasteiger partial charge is 0.312 e. The molecule has 0 aliphatic heterocycles. The Balaban J connectivity index is 1.84. The first-order chi connectivity index (χ1) is 8.29. The molecule has 0 atom stereocenters. The van der Waals surface area contributed by atoms with Crippen LogP contribution in [0.4, 0.5) is 0 Å². The van der Waals surface area contributed by atoms with Gasteiger partial charge in [0.05, 0.1) is 6.07 Å². The van der Waals surface area contributed by atoms with Crippen molar-refractivity contribution < 1.29 is 0 Å². The molecule has 0 unspecified atom stereocenters. The van der Waals surface area contributed by atoms with Crippen LogP contribution in [0.2, 0.25) is 0 Å². The Bertz CT molecular complexity index is 413. The third-order valence-electron chi connectivity index (χ3n) is 3.73. The van der Waals surface area contributed by atoms with Gasteiger partial charge in [0.15, 0.2) is 0 Å². The highest BCUT2D eigenvalue weighted by Crippen LogP contribution is 2.47. The van der Waals surface area contributed by atoms with Crippen LogP contribution in [0.15, 0.2) is 24.3 Å². The molecule has 0 amide bonds. The lowest BCUT2D eigenvalue weighted by molar-refractivity contribution is 0.466. The molecule has 0 radical (unpaired) electrons. The predicted octanol–water partition coefficient (Wildman–Crippen LogP) is 3.03. The number of aryl methyl sites for hydroxylation is 1. The summed E-state index contributed by atoms with van der Waals surface area (Å²) in [6, 6.07) is 10.9. The maximum Gasteiger partial charge on any atom is 0.0628 e. The van der Waals surface area contributed by atoms with E-state index in [9.17, 15) is 0 Å². The second-order valence-corrected chi connectivity index (χ2v) is 5.06. The molecule has 2 heteroatoms. The van der Waals surface area contributed by atoms with Gasteiger partial charge >= 0.3 is 0 Å². The fourth-order valence-electron chi connectivity index (χ4n) is 2.30. The Morgan fingerprint density at radius 1 is 1.29 bits per heavy atom. The van der Waals surface area contributed by atoms with E-state index in [1.54, 1.807) is 0 Å². The first-order valence-corrected chi connectivity index (χ1v) is 6.44. The number of benzene rings is 1. The molecule has 1 aliphatic rings. The zero-order valence-corrected chi connectivity index (χ0v) is 10.5. The van der Waals surface area contributed by atoms with E-state index in [4.69, 9.17) is 5.26 Å². The maximum absolute atomic E-state index is 8.76. The number of nitrogens with zero attached hydrogens (tertiary/aromatic N) is 1. The van der Waals surface area contributed by atoms with Crippen molar-refractivity contribution >= 4 is 0 Å². The number of rotatable bonds is 6. The van der Waals surface area contributed by atoms with Gasteiger partial charge in [0, 0.05) is 19.5 Å². The van der Waals surface area contributed by atoms with Crippen LogP contribution in [-0.4, -0.2) is 6.54 Å². The van der Waals surface area contributed by atoms with E-state index in [1.807, 2.05) is 0 Å². The number of nitrogens with one attached hydrogen (secondary N) is 1. The van der Waals surface area contributed by atoms with Gasteiger partial charge in [0.1, 0.15) is 0 Å². The first-order valence-electron chi connectivity index (χ1n) is 6.44. The van der Waals surface area contributed by atoms with Crippen molar-refractivity contribution in [3.63, 3.8) is 0 Å². The number of hydrogen-bond acceptors (Lipinski definition) is 2. The van der Waals surface area contributed by atoms with Crippen molar-refractivity contribution in [3.8, 4) is 6.07 Å². The summed E-state index contributed by atoms with van der Waals surface area (Å²) in [6.45, 7) is 4.10. The maximum atomic E-state index is 8.76. The van der Waals surface area contributed by atoms with Crippen molar-refractivity contribution in [1.29, 1.82) is 5.26 Å². The monoisotopic (exact) mass is 228 g/mol. The summed E-state index contributed by atoms with van der Waals surface area (Å²) in [4.78, 5) is 0. The molecule has 1 saturated carbocycles. The zero-order chi connectivity index (χ0) is 12.1. The van der Waals surface area contributed by atoms with E-state index in [1.165, 1.54) is 24.0 Å². The van der Waals surface area contributed by atoms with Crippen LogP contribution in [0, 0.1) is 16.7 Å². The molecule has 0 spiro atoms. The summed E-state index contributed by atoms with van der Waals surface area (Å²) in [5, 5.41) is 12.3. The number of hydrogen-bond donors (Lipinski definition) is 1. The van der Waals surface area contributed by atoms with Crippen molar-refractivity contribution in [2.45, 2.75) is 39.2 Å². The lowest BCUT2D eigenvalue weighted by Gasteiger charge is -2.13. The summed E-state index contributed by atoms with van der Waals surface area (Å²) in [7, 11) is 0. The van der Waals surface area contributed by atoms with Crippen molar-refractivity contribution in [2.24, 2.45) is 5.41 Å². The molecular weight excluding hydrogens is 208 g/mol. The molecule has 90 valence electrons. The quantitative estimate of drug-likeness (QED) is 0.812. The van der Waals surface area contributed by atoms with Crippen LogP contribution in [0.3, 0.4) is 0 Å². The third kappa shape index (κ3) is 3.08. The van der Waals surface area contributed by atoms with Gasteiger partial charge in [0.2, 0.25) is 0 Å². The van der Waals surface area contributed by atoms with Crippen LogP contribution in [0.5, 0.6) is 0 Å². The third-order valence-corrected chi connectivity index (χ3v) is 3.73. The van der Waals surface area contributed by atoms with Crippen molar-refractivity contribution in [3.05, 3.63) is 35.4 Å². The highest BCUT2D eigenvalue weighted by molar-refractivity contribution is 5.26. The van der Waals surface area contributed by atoms with Crippen LogP contribution in [-0.2, 0) is 13.0 Å². The zero-order valence-electron chi connectivity index (χ0n) is 10.5.